The highest BCUT2D eigenvalue weighted by molar-refractivity contribution is 5.44. The van der Waals surface area contributed by atoms with Crippen molar-refractivity contribution in [2.75, 3.05) is 20.8 Å². The van der Waals surface area contributed by atoms with Crippen molar-refractivity contribution in [2.24, 2.45) is 5.84 Å². The number of hydrazine groups is 1. The number of nitrogens with two attached hydrogens (primary N) is 1. The van der Waals surface area contributed by atoms with Crippen LogP contribution < -0.4 is 20.7 Å². The van der Waals surface area contributed by atoms with E-state index in [1.165, 1.54) is 0 Å². The van der Waals surface area contributed by atoms with Gasteiger partial charge in [-0.2, -0.15) is 0 Å². The van der Waals surface area contributed by atoms with Crippen LogP contribution in [0.2, 0.25) is 0 Å². The normalized spacial score (nSPS) is 13.8. The van der Waals surface area contributed by atoms with Crippen molar-refractivity contribution in [3.63, 3.8) is 0 Å². The summed E-state index contributed by atoms with van der Waals surface area (Å²) in [4.78, 5) is 0. The summed E-state index contributed by atoms with van der Waals surface area (Å²) >= 11 is 0. The quantitative estimate of drug-likeness (QED) is 0.538. The lowest BCUT2D eigenvalue weighted by Crippen LogP contribution is -2.38. The van der Waals surface area contributed by atoms with E-state index >= 15 is 0 Å². The van der Waals surface area contributed by atoms with Gasteiger partial charge in [-0.3, -0.25) is 11.3 Å². The molecule has 0 saturated heterocycles. The molecule has 0 aromatic heterocycles. The van der Waals surface area contributed by atoms with Crippen LogP contribution in [-0.4, -0.2) is 26.9 Å². The number of rotatable bonds is 9. The van der Waals surface area contributed by atoms with E-state index in [2.05, 4.69) is 12.3 Å². The van der Waals surface area contributed by atoms with Gasteiger partial charge < -0.3 is 14.2 Å². The third-order valence-electron chi connectivity index (χ3n) is 3.27. The average molecular weight is 282 g/mol. The monoisotopic (exact) mass is 282 g/mol. The highest BCUT2D eigenvalue weighted by Crippen LogP contribution is 2.32. The van der Waals surface area contributed by atoms with Gasteiger partial charge >= 0.3 is 0 Å². The number of nitrogens with one attached hydrogen (secondary N) is 1. The summed E-state index contributed by atoms with van der Waals surface area (Å²) in [5.74, 6) is 7.12. The van der Waals surface area contributed by atoms with E-state index in [0.29, 0.717) is 18.1 Å². The van der Waals surface area contributed by atoms with Crippen molar-refractivity contribution >= 4 is 0 Å². The topological polar surface area (TPSA) is 65.7 Å². The molecule has 0 spiro atoms. The van der Waals surface area contributed by atoms with Crippen molar-refractivity contribution in [1.82, 2.24) is 5.43 Å². The molecule has 0 radical (unpaired) electrons. The van der Waals surface area contributed by atoms with Crippen molar-refractivity contribution in [2.45, 2.75) is 38.8 Å². The predicted molar refractivity (Wildman–Crippen MR) is 79.9 cm³/mol. The van der Waals surface area contributed by atoms with Crippen LogP contribution in [0.5, 0.6) is 11.5 Å². The molecule has 2 atom stereocenters. The maximum atomic E-state index is 5.81. The maximum Gasteiger partial charge on any atom is 0.161 e. The Balaban J connectivity index is 3.03. The molecule has 5 heteroatoms. The molecule has 1 rings (SSSR count). The first-order chi connectivity index (χ1) is 9.71. The Morgan fingerprint density at radius 3 is 2.35 bits per heavy atom. The molecule has 0 saturated carbocycles. The molecular formula is C15H26N2O3. The van der Waals surface area contributed by atoms with Crippen LogP contribution in [0.1, 0.15) is 38.3 Å². The summed E-state index contributed by atoms with van der Waals surface area (Å²) < 4.78 is 16.4. The fourth-order valence-electron chi connectivity index (χ4n) is 2.31. The van der Waals surface area contributed by atoms with Crippen LogP contribution in [-0.2, 0) is 4.74 Å². The van der Waals surface area contributed by atoms with Crippen molar-refractivity contribution in [1.29, 1.82) is 0 Å². The Labute approximate surface area is 121 Å². The first-order valence-corrected chi connectivity index (χ1v) is 7.01. The van der Waals surface area contributed by atoms with Crippen LogP contribution in [0.25, 0.3) is 0 Å². The van der Waals surface area contributed by atoms with Crippen LogP contribution in [0.4, 0.5) is 0 Å². The summed E-state index contributed by atoms with van der Waals surface area (Å²) in [7, 11) is 3.24. The van der Waals surface area contributed by atoms with Crippen LogP contribution >= 0.6 is 0 Å². The third kappa shape index (κ3) is 4.10. The van der Waals surface area contributed by atoms with Gasteiger partial charge in [0.25, 0.3) is 0 Å². The van der Waals surface area contributed by atoms with Crippen molar-refractivity contribution < 1.29 is 14.2 Å². The predicted octanol–water partition coefficient (Wildman–Crippen LogP) is 2.41. The molecular weight excluding hydrogens is 256 g/mol. The summed E-state index contributed by atoms with van der Waals surface area (Å²) in [6, 6.07) is 5.72. The maximum absolute atomic E-state index is 5.81. The highest BCUT2D eigenvalue weighted by Gasteiger charge is 2.23. The first-order valence-electron chi connectivity index (χ1n) is 7.01. The first kappa shape index (κ1) is 16.8. The standard InChI is InChI=1S/C15H26N2O3/c1-5-7-13(20-6-2)15(17-16)11-8-9-12(18-3)14(10-11)19-4/h8-10,13,15,17H,5-7,16H2,1-4H3. The minimum Gasteiger partial charge on any atom is -0.493 e. The molecule has 5 nitrogen and oxygen atoms in total. The number of methoxy groups -OCH3 is 2. The van der Waals surface area contributed by atoms with Gasteiger partial charge in [0.2, 0.25) is 0 Å². The van der Waals surface area contributed by atoms with E-state index in [9.17, 15) is 0 Å². The fourth-order valence-corrected chi connectivity index (χ4v) is 2.31. The molecule has 20 heavy (non-hydrogen) atoms. The smallest absolute Gasteiger partial charge is 0.161 e. The number of ether oxygens (including phenoxy) is 3. The van der Waals surface area contributed by atoms with Gasteiger partial charge in [0, 0.05) is 6.61 Å². The molecule has 0 bridgehead atoms. The molecule has 1 aromatic carbocycles. The molecule has 114 valence electrons. The molecule has 0 heterocycles. The van der Waals surface area contributed by atoms with Crippen LogP contribution in [0, 0.1) is 0 Å². The Hall–Kier alpha value is -1.30. The van der Waals surface area contributed by atoms with Crippen LogP contribution in [0.15, 0.2) is 18.2 Å². The molecule has 1 aromatic rings. The van der Waals surface area contributed by atoms with Gasteiger partial charge in [-0.15, -0.1) is 0 Å². The van der Waals surface area contributed by atoms with E-state index in [0.717, 1.165) is 18.4 Å². The van der Waals surface area contributed by atoms with Crippen LogP contribution in [0.3, 0.4) is 0 Å². The summed E-state index contributed by atoms with van der Waals surface area (Å²) in [6.45, 7) is 4.79. The minimum atomic E-state index is -0.0743. The molecule has 0 aliphatic rings. The second-order valence-electron chi connectivity index (χ2n) is 4.54. The second kappa shape index (κ2) is 8.79. The Morgan fingerprint density at radius 1 is 1.15 bits per heavy atom. The molecule has 2 unspecified atom stereocenters. The van der Waals surface area contributed by atoms with Gasteiger partial charge in [-0.05, 0) is 31.0 Å². The number of hydrogen-bond donors (Lipinski definition) is 2. The Morgan fingerprint density at radius 2 is 1.85 bits per heavy atom. The number of hydrogen-bond acceptors (Lipinski definition) is 5. The van der Waals surface area contributed by atoms with E-state index in [1.54, 1.807) is 14.2 Å². The lowest BCUT2D eigenvalue weighted by Gasteiger charge is -2.27. The van der Waals surface area contributed by atoms with E-state index in [4.69, 9.17) is 20.1 Å². The molecule has 0 aliphatic carbocycles. The van der Waals surface area contributed by atoms with E-state index in [1.807, 2.05) is 25.1 Å². The average Bonchev–Trinajstić information content (AvgIpc) is 2.48. The van der Waals surface area contributed by atoms with Crippen molar-refractivity contribution in [3.05, 3.63) is 23.8 Å². The fraction of sp³-hybridized carbons (Fsp3) is 0.600. The zero-order chi connectivity index (χ0) is 15.0. The van der Waals surface area contributed by atoms with E-state index in [-0.39, 0.29) is 12.1 Å². The second-order valence-corrected chi connectivity index (χ2v) is 4.54. The zero-order valence-electron chi connectivity index (χ0n) is 12.8. The summed E-state index contributed by atoms with van der Waals surface area (Å²) in [5, 5.41) is 0. The Kier molecular flexibility index (Phi) is 7.36. The lowest BCUT2D eigenvalue weighted by atomic mass is 9.98. The third-order valence-corrected chi connectivity index (χ3v) is 3.27. The summed E-state index contributed by atoms with van der Waals surface area (Å²) in [6.07, 6.45) is 2.01. The van der Waals surface area contributed by atoms with Gasteiger partial charge in [0.15, 0.2) is 11.5 Å². The molecule has 0 aliphatic heterocycles. The van der Waals surface area contributed by atoms with Gasteiger partial charge in [-0.25, -0.2) is 0 Å². The van der Waals surface area contributed by atoms with E-state index < -0.39 is 0 Å². The van der Waals surface area contributed by atoms with Gasteiger partial charge in [0.1, 0.15) is 0 Å². The molecule has 3 N–H and O–H groups in total. The minimum absolute atomic E-state index is 0.0353. The zero-order valence-corrected chi connectivity index (χ0v) is 12.8. The van der Waals surface area contributed by atoms with Gasteiger partial charge in [-0.1, -0.05) is 19.4 Å². The largest absolute Gasteiger partial charge is 0.493 e. The number of benzene rings is 1. The molecule has 0 amide bonds. The summed E-state index contributed by atoms with van der Waals surface area (Å²) in [5.41, 5.74) is 3.88. The SMILES string of the molecule is CCCC(OCC)C(NN)c1ccc(OC)c(OC)c1. The Bertz CT molecular complexity index is 393. The van der Waals surface area contributed by atoms with Gasteiger partial charge in [0.05, 0.1) is 26.4 Å². The highest BCUT2D eigenvalue weighted by atomic mass is 16.5. The van der Waals surface area contributed by atoms with Crippen molar-refractivity contribution in [3.8, 4) is 11.5 Å². The lowest BCUT2D eigenvalue weighted by molar-refractivity contribution is 0.0275. The molecule has 0 fully saturated rings.